The molecule has 0 aromatic carbocycles. The molecule has 3 aliphatic heterocycles. The largest absolute Gasteiger partial charge is 0.481 e. The van der Waals surface area contributed by atoms with Gasteiger partial charge in [-0.3, -0.25) is 13.6 Å². The number of aliphatic hydroxyl groups is 3. The lowest BCUT2D eigenvalue weighted by atomic mass is 10.1. The Morgan fingerprint density at radius 2 is 1.54 bits per heavy atom. The molecule has 2 saturated heterocycles. The summed E-state index contributed by atoms with van der Waals surface area (Å²) in [6.07, 6.45) is -7.79. The van der Waals surface area contributed by atoms with Gasteiger partial charge in [-0.2, -0.15) is 4.31 Å². The number of carboxylic acid groups (broad SMARTS) is 1. The van der Waals surface area contributed by atoms with E-state index in [1.165, 1.54) is 24.0 Å². The van der Waals surface area contributed by atoms with Crippen LogP contribution in [0.2, 0.25) is 0 Å². The van der Waals surface area contributed by atoms with Crippen molar-refractivity contribution in [2.45, 2.75) is 55.9 Å². The maximum atomic E-state index is 12.2. The van der Waals surface area contributed by atoms with Gasteiger partial charge < -0.3 is 54.4 Å². The zero-order valence-corrected chi connectivity index (χ0v) is 22.6. The average Bonchev–Trinajstić information content (AvgIpc) is 3.25. The second-order valence-corrected chi connectivity index (χ2v) is 12.8. The summed E-state index contributed by atoms with van der Waals surface area (Å²) in [6.45, 7) is -0.464. The third-order valence-electron chi connectivity index (χ3n) is 5.67. The fourth-order valence-corrected chi connectivity index (χ4v) is 6.60. The summed E-state index contributed by atoms with van der Waals surface area (Å²) in [4.78, 5) is 49.9. The number of ether oxygens (including phenoxy) is 2. The van der Waals surface area contributed by atoms with Gasteiger partial charge in [0.15, 0.2) is 6.23 Å². The molecule has 3 rings (SSSR count). The minimum atomic E-state index is -5.37. The first-order valence-electron chi connectivity index (χ1n) is 11.0. The number of carbonyl (C=O) groups is 1. The number of aliphatic hydroxyl groups excluding tert-OH is 3. The van der Waals surface area contributed by atoms with Gasteiger partial charge in [0, 0.05) is 12.7 Å². The van der Waals surface area contributed by atoms with Crippen molar-refractivity contribution in [3.63, 3.8) is 0 Å². The van der Waals surface area contributed by atoms with Crippen molar-refractivity contribution in [2.75, 3.05) is 19.8 Å². The smallest absolute Gasteiger partial charge is 0.478 e. The summed E-state index contributed by atoms with van der Waals surface area (Å²) in [5.41, 5.74) is -0.131. The predicted octanol–water partition coefficient (Wildman–Crippen LogP) is -1.85. The third kappa shape index (κ3) is 8.70. The van der Waals surface area contributed by atoms with Crippen LogP contribution in [0.4, 0.5) is 0 Å². The zero-order valence-electron chi connectivity index (χ0n) is 19.9. The number of hydrogen-bond acceptors (Lipinski definition) is 14. The lowest BCUT2D eigenvalue weighted by Crippen LogP contribution is -2.42. The first kappa shape index (κ1) is 32.4. The van der Waals surface area contributed by atoms with E-state index in [0.29, 0.717) is 0 Å². The Labute approximate surface area is 220 Å². The van der Waals surface area contributed by atoms with Gasteiger partial charge in [0.25, 0.3) is 0 Å². The van der Waals surface area contributed by atoms with E-state index >= 15 is 0 Å². The van der Waals surface area contributed by atoms with Crippen LogP contribution in [-0.2, 0) is 45.8 Å². The van der Waals surface area contributed by atoms with Gasteiger partial charge in [-0.25, -0.2) is 18.5 Å². The van der Waals surface area contributed by atoms with Crippen molar-refractivity contribution in [3.8, 4) is 0 Å². The predicted molar refractivity (Wildman–Crippen MR) is 122 cm³/mol. The van der Waals surface area contributed by atoms with Crippen molar-refractivity contribution in [3.05, 3.63) is 23.9 Å². The molecule has 39 heavy (non-hydrogen) atoms. The van der Waals surface area contributed by atoms with Crippen LogP contribution in [0, 0.1) is 0 Å². The summed E-state index contributed by atoms with van der Waals surface area (Å²) in [5.74, 6) is -1.25. The number of phosphoric ester groups is 3. The van der Waals surface area contributed by atoms with Crippen LogP contribution in [0.3, 0.4) is 0 Å². The Morgan fingerprint density at radius 3 is 2.08 bits per heavy atom. The molecule has 0 aromatic heterocycles. The Hall–Kier alpha value is -1.08. The first-order valence-corrected chi connectivity index (χ1v) is 15.5. The number of phosphoric acid groups is 3. The topological polar surface area (TPSA) is 289 Å². The Kier molecular flexibility index (Phi) is 10.3. The number of carboxylic acids is 1. The molecule has 0 aromatic rings. The highest BCUT2D eigenvalue weighted by molar-refractivity contribution is 7.61. The summed E-state index contributed by atoms with van der Waals surface area (Å²) >= 11 is 0. The Balaban J connectivity index is 1.52. The highest BCUT2D eigenvalue weighted by atomic mass is 31.3. The van der Waals surface area contributed by atoms with Gasteiger partial charge in [0.2, 0.25) is 0 Å². The molecule has 10 atom stereocenters. The van der Waals surface area contributed by atoms with Crippen LogP contribution in [-0.4, -0.2) is 120 Å². The maximum Gasteiger partial charge on any atom is 0.481 e. The lowest BCUT2D eigenvalue weighted by Gasteiger charge is -2.30. The van der Waals surface area contributed by atoms with Crippen molar-refractivity contribution in [2.24, 2.45) is 0 Å². The highest BCUT2D eigenvalue weighted by Crippen LogP contribution is 2.60. The monoisotopic (exact) mass is 627 g/mol. The molecule has 22 heteroatoms. The molecular weight excluding hydrogens is 599 g/mol. The van der Waals surface area contributed by atoms with E-state index < -0.39 is 91.6 Å². The first-order chi connectivity index (χ1) is 17.9. The molecule has 8 N–H and O–H groups in total. The third-order valence-corrected chi connectivity index (χ3v) is 8.79. The minimum Gasteiger partial charge on any atom is -0.478 e. The van der Waals surface area contributed by atoms with Crippen LogP contribution in [0.1, 0.15) is 6.92 Å². The number of hydrogen-bond donors (Lipinski definition) is 8. The SMILES string of the molecule is C[C@@H]1O[C@H](COP(=O)(O)OP(=O)(O)OCC2OC(N3C=C(C(=O)O)C=CC3)[C@H](O)[C@@H]2O)[C@@H](O)[C@H]1OP(=O)(O)O. The van der Waals surface area contributed by atoms with Gasteiger partial charge in [-0.15, -0.1) is 0 Å². The molecule has 0 spiro atoms. The average molecular weight is 627 g/mol. The van der Waals surface area contributed by atoms with Crippen molar-refractivity contribution in [1.82, 2.24) is 4.90 Å². The van der Waals surface area contributed by atoms with Gasteiger partial charge in [-0.1, -0.05) is 6.08 Å². The van der Waals surface area contributed by atoms with Crippen LogP contribution in [0.25, 0.3) is 0 Å². The molecule has 0 saturated carbocycles. The van der Waals surface area contributed by atoms with Crippen LogP contribution < -0.4 is 0 Å². The van der Waals surface area contributed by atoms with E-state index in [9.17, 15) is 43.6 Å². The molecule has 0 amide bonds. The summed E-state index contributed by atoms with van der Waals surface area (Å²) in [5, 5.41) is 39.7. The molecule has 3 aliphatic rings. The molecule has 19 nitrogen and oxygen atoms in total. The van der Waals surface area contributed by atoms with Gasteiger partial charge in [0.05, 0.1) is 24.9 Å². The van der Waals surface area contributed by atoms with E-state index in [2.05, 4.69) is 17.9 Å². The molecule has 3 heterocycles. The zero-order chi connectivity index (χ0) is 29.3. The van der Waals surface area contributed by atoms with Crippen molar-refractivity contribution in [1.29, 1.82) is 0 Å². The second kappa shape index (κ2) is 12.4. The number of nitrogens with zero attached hydrogens (tertiary/aromatic N) is 1. The van der Waals surface area contributed by atoms with Crippen LogP contribution in [0.5, 0.6) is 0 Å². The number of rotatable bonds is 12. The highest BCUT2D eigenvalue weighted by Gasteiger charge is 2.48. The Bertz CT molecular complexity index is 1110. The number of aliphatic carboxylic acids is 1. The van der Waals surface area contributed by atoms with Gasteiger partial charge >= 0.3 is 29.4 Å². The van der Waals surface area contributed by atoms with Gasteiger partial charge in [-0.05, 0) is 13.0 Å². The van der Waals surface area contributed by atoms with Crippen LogP contribution >= 0.6 is 23.5 Å². The molecule has 0 bridgehead atoms. The molecule has 224 valence electrons. The van der Waals surface area contributed by atoms with Gasteiger partial charge in [0.1, 0.15) is 36.6 Å². The van der Waals surface area contributed by atoms with Crippen LogP contribution in [0.15, 0.2) is 23.9 Å². The molecular formula is C17H28NO18P3. The van der Waals surface area contributed by atoms with Crippen molar-refractivity contribution < 1.29 is 85.8 Å². The van der Waals surface area contributed by atoms with E-state index in [1.807, 2.05) is 0 Å². The van der Waals surface area contributed by atoms with E-state index in [0.717, 1.165) is 6.20 Å². The summed E-state index contributed by atoms with van der Waals surface area (Å²) in [7, 11) is -15.8. The fraction of sp³-hybridized carbons (Fsp3) is 0.706. The fourth-order valence-electron chi connectivity index (χ4n) is 3.90. The Morgan fingerprint density at radius 1 is 0.974 bits per heavy atom. The second-order valence-electron chi connectivity index (χ2n) is 8.58. The molecule has 2 fully saturated rings. The normalized spacial score (nSPS) is 36.4. The molecule has 0 aliphatic carbocycles. The van der Waals surface area contributed by atoms with E-state index in [-0.39, 0.29) is 12.1 Å². The quantitative estimate of drug-likeness (QED) is 0.110. The summed E-state index contributed by atoms with van der Waals surface area (Å²) < 4.78 is 63.7. The molecule has 0 radical (unpaired) electrons. The van der Waals surface area contributed by atoms with Crippen molar-refractivity contribution >= 4 is 29.4 Å². The standard InChI is InChI=1S/C17H28NO18P3/c1-8-15(35-37(24,25)26)13(20)11(33-8)7-32-39(29,30)36-38(27,28)31-6-10-12(19)14(21)16(34-10)18-4-2-3-9(5-18)17(22)23/h2-3,5,8,10-16,19-21H,4,6-7H2,1H3,(H,22,23)(H,27,28)(H,29,30)(H2,24,25,26)/t8-,10?,11+,12+,13+,14+,15-,16?/m0/s1. The molecule has 4 unspecified atom stereocenters. The van der Waals surface area contributed by atoms with E-state index in [4.69, 9.17) is 24.4 Å². The minimum absolute atomic E-state index is 0.107. The lowest BCUT2D eigenvalue weighted by molar-refractivity contribution is -0.132. The van der Waals surface area contributed by atoms with E-state index in [1.54, 1.807) is 0 Å². The maximum absolute atomic E-state index is 12.2. The summed E-state index contributed by atoms with van der Waals surface area (Å²) in [6, 6.07) is 0.